The van der Waals surface area contributed by atoms with Crippen LogP contribution in [0.2, 0.25) is 0 Å². The third kappa shape index (κ3) is 5.25. The highest BCUT2D eigenvalue weighted by molar-refractivity contribution is 8.76. The largest absolute Gasteiger partial charge is 0.326 e. The van der Waals surface area contributed by atoms with Gasteiger partial charge in [0.05, 0.1) is 0 Å². The molecule has 0 aliphatic heterocycles. The number of carbonyl (C=O) groups is 1. The number of benzene rings is 1. The molecule has 0 fully saturated rings. The second-order valence-corrected chi connectivity index (χ2v) is 5.69. The zero-order valence-electron chi connectivity index (χ0n) is 8.73. The van der Waals surface area contributed by atoms with Crippen LogP contribution in [0, 0.1) is 0 Å². The van der Waals surface area contributed by atoms with Gasteiger partial charge in [0.15, 0.2) is 0 Å². The van der Waals surface area contributed by atoms with Gasteiger partial charge in [-0.15, -0.1) is 0 Å². The van der Waals surface area contributed by atoms with Gasteiger partial charge in [-0.25, -0.2) is 0 Å². The maximum absolute atomic E-state index is 10.7. The fourth-order valence-electron chi connectivity index (χ4n) is 0.976. The summed E-state index contributed by atoms with van der Waals surface area (Å²) in [4.78, 5) is 11.9. The van der Waals surface area contributed by atoms with E-state index in [2.05, 4.69) is 12.1 Å². The van der Waals surface area contributed by atoms with Crippen molar-refractivity contribution in [3.05, 3.63) is 29.8 Å². The summed E-state index contributed by atoms with van der Waals surface area (Å²) in [7, 11) is 3.42. The quantitative estimate of drug-likeness (QED) is 0.614. The molecule has 0 radical (unpaired) electrons. The molecule has 1 aromatic rings. The molecular formula is C11H15NOS2. The van der Waals surface area contributed by atoms with Crippen LogP contribution in [0.5, 0.6) is 0 Å². The SMILES string of the molecule is CC(=O)CCSSc1ccc(CN)cc1. The highest BCUT2D eigenvalue weighted by Crippen LogP contribution is 2.31. The minimum atomic E-state index is 0.251. The van der Waals surface area contributed by atoms with Gasteiger partial charge >= 0.3 is 0 Å². The molecule has 0 atom stereocenters. The zero-order valence-corrected chi connectivity index (χ0v) is 10.4. The molecule has 0 heterocycles. The van der Waals surface area contributed by atoms with Crippen LogP contribution in [0.15, 0.2) is 29.2 Å². The highest BCUT2D eigenvalue weighted by atomic mass is 33.1. The molecule has 1 rings (SSSR count). The first-order chi connectivity index (χ1) is 7.22. The first-order valence-electron chi connectivity index (χ1n) is 4.80. The van der Waals surface area contributed by atoms with Crippen LogP contribution < -0.4 is 5.73 Å². The third-order valence-corrected chi connectivity index (χ3v) is 4.24. The van der Waals surface area contributed by atoms with Crippen molar-refractivity contribution in [1.82, 2.24) is 0 Å². The Kier molecular flexibility index (Phi) is 5.83. The van der Waals surface area contributed by atoms with E-state index >= 15 is 0 Å². The van der Waals surface area contributed by atoms with Crippen molar-refractivity contribution in [3.8, 4) is 0 Å². The Bertz CT molecular complexity index is 311. The van der Waals surface area contributed by atoms with E-state index in [1.54, 1.807) is 28.5 Å². The average molecular weight is 241 g/mol. The van der Waals surface area contributed by atoms with Crippen LogP contribution in [-0.4, -0.2) is 11.5 Å². The fraction of sp³-hybridized carbons (Fsp3) is 0.364. The van der Waals surface area contributed by atoms with Crippen molar-refractivity contribution in [1.29, 1.82) is 0 Å². The fourth-order valence-corrected chi connectivity index (χ4v) is 3.06. The molecule has 0 saturated carbocycles. The monoisotopic (exact) mass is 241 g/mol. The van der Waals surface area contributed by atoms with Crippen LogP contribution in [0.3, 0.4) is 0 Å². The minimum Gasteiger partial charge on any atom is -0.326 e. The first-order valence-corrected chi connectivity index (χ1v) is 7.12. The lowest BCUT2D eigenvalue weighted by molar-refractivity contribution is -0.116. The van der Waals surface area contributed by atoms with Crippen LogP contribution in [0.4, 0.5) is 0 Å². The number of nitrogens with two attached hydrogens (primary N) is 1. The molecule has 82 valence electrons. The van der Waals surface area contributed by atoms with Gasteiger partial charge in [0.25, 0.3) is 0 Å². The molecule has 0 unspecified atom stereocenters. The minimum absolute atomic E-state index is 0.251. The summed E-state index contributed by atoms with van der Waals surface area (Å²) in [6, 6.07) is 8.20. The molecule has 0 bridgehead atoms. The Morgan fingerprint density at radius 3 is 2.53 bits per heavy atom. The van der Waals surface area contributed by atoms with Gasteiger partial charge in [0, 0.05) is 23.6 Å². The molecule has 0 aromatic heterocycles. The Labute approximate surface area is 98.4 Å². The molecule has 4 heteroatoms. The summed E-state index contributed by atoms with van der Waals surface area (Å²) in [5, 5.41) is 0. The lowest BCUT2D eigenvalue weighted by Crippen LogP contribution is -1.94. The van der Waals surface area contributed by atoms with Crippen LogP contribution in [0.25, 0.3) is 0 Å². The van der Waals surface area contributed by atoms with E-state index in [4.69, 9.17) is 5.73 Å². The Morgan fingerprint density at radius 2 is 2.00 bits per heavy atom. The van der Waals surface area contributed by atoms with Gasteiger partial charge in [-0.2, -0.15) is 0 Å². The van der Waals surface area contributed by atoms with Crippen molar-refractivity contribution >= 4 is 27.4 Å². The Balaban J connectivity index is 2.28. The van der Waals surface area contributed by atoms with E-state index in [-0.39, 0.29) is 5.78 Å². The number of hydrogen-bond acceptors (Lipinski definition) is 4. The molecule has 1 aromatic carbocycles. The smallest absolute Gasteiger partial charge is 0.130 e. The van der Waals surface area contributed by atoms with Crippen LogP contribution in [0.1, 0.15) is 18.9 Å². The van der Waals surface area contributed by atoms with Crippen molar-refractivity contribution < 1.29 is 4.79 Å². The van der Waals surface area contributed by atoms with Gasteiger partial charge < -0.3 is 5.73 Å². The van der Waals surface area contributed by atoms with Gasteiger partial charge in [-0.1, -0.05) is 33.7 Å². The number of rotatable bonds is 6. The van der Waals surface area contributed by atoms with E-state index in [0.717, 1.165) is 11.3 Å². The Hall–Kier alpha value is -0.450. The number of carbonyl (C=O) groups excluding carboxylic acids is 1. The second-order valence-electron chi connectivity index (χ2n) is 3.21. The number of ketones is 1. The summed E-state index contributed by atoms with van der Waals surface area (Å²) in [6.45, 7) is 2.21. The molecule has 0 aliphatic rings. The summed E-state index contributed by atoms with van der Waals surface area (Å²) < 4.78 is 0. The number of Topliss-reactive ketones (excluding diaryl/α,β-unsaturated/α-hetero) is 1. The molecule has 15 heavy (non-hydrogen) atoms. The first kappa shape index (κ1) is 12.6. The topological polar surface area (TPSA) is 43.1 Å². The van der Waals surface area contributed by atoms with Crippen molar-refractivity contribution in [2.75, 3.05) is 5.75 Å². The molecule has 2 N–H and O–H groups in total. The highest BCUT2D eigenvalue weighted by Gasteiger charge is 1.97. The average Bonchev–Trinajstić information content (AvgIpc) is 2.25. The Morgan fingerprint density at radius 1 is 1.33 bits per heavy atom. The van der Waals surface area contributed by atoms with E-state index in [1.165, 1.54) is 4.90 Å². The van der Waals surface area contributed by atoms with Crippen LogP contribution in [-0.2, 0) is 11.3 Å². The maximum atomic E-state index is 10.7. The van der Waals surface area contributed by atoms with E-state index in [9.17, 15) is 4.79 Å². The summed E-state index contributed by atoms with van der Waals surface area (Å²) in [5.74, 6) is 1.13. The van der Waals surface area contributed by atoms with Crippen molar-refractivity contribution in [2.45, 2.75) is 24.8 Å². The second kappa shape index (κ2) is 6.93. The molecule has 0 amide bonds. The number of hydrogen-bond donors (Lipinski definition) is 1. The van der Waals surface area contributed by atoms with Gasteiger partial charge in [0.2, 0.25) is 0 Å². The van der Waals surface area contributed by atoms with Gasteiger partial charge in [-0.05, 0) is 24.6 Å². The lowest BCUT2D eigenvalue weighted by Gasteiger charge is -2.01. The normalized spacial score (nSPS) is 10.3. The summed E-state index contributed by atoms with van der Waals surface area (Å²) in [5.41, 5.74) is 6.65. The van der Waals surface area contributed by atoms with Gasteiger partial charge in [-0.3, -0.25) is 4.79 Å². The van der Waals surface area contributed by atoms with E-state index in [0.29, 0.717) is 13.0 Å². The molecule has 0 spiro atoms. The molecule has 0 saturated heterocycles. The standard InChI is InChI=1S/C11H15NOS2/c1-9(13)6-7-14-15-11-4-2-10(8-12)3-5-11/h2-5H,6-8,12H2,1H3. The molecule has 2 nitrogen and oxygen atoms in total. The van der Waals surface area contributed by atoms with Crippen LogP contribution >= 0.6 is 21.6 Å². The maximum Gasteiger partial charge on any atom is 0.130 e. The predicted octanol–water partition coefficient (Wildman–Crippen LogP) is 2.86. The van der Waals surface area contributed by atoms with Gasteiger partial charge in [0.1, 0.15) is 5.78 Å². The predicted molar refractivity (Wildman–Crippen MR) is 67.9 cm³/mol. The zero-order chi connectivity index (χ0) is 11.1. The van der Waals surface area contributed by atoms with E-state index in [1.807, 2.05) is 12.1 Å². The third-order valence-electron chi connectivity index (χ3n) is 1.85. The summed E-state index contributed by atoms with van der Waals surface area (Å²) in [6.07, 6.45) is 0.651. The molecular weight excluding hydrogens is 226 g/mol. The van der Waals surface area contributed by atoms with E-state index < -0.39 is 0 Å². The molecule has 0 aliphatic carbocycles. The summed E-state index contributed by atoms with van der Waals surface area (Å²) >= 11 is 0. The lowest BCUT2D eigenvalue weighted by atomic mass is 10.2. The van der Waals surface area contributed by atoms with Crippen molar-refractivity contribution in [3.63, 3.8) is 0 Å². The van der Waals surface area contributed by atoms with Crippen molar-refractivity contribution in [2.24, 2.45) is 5.73 Å².